The smallest absolute Gasteiger partial charge is 0.191 e. The Balaban J connectivity index is 1.80. The standard InChI is InChI=1S/C19H31N3O2/c1-4-23-11-5-10-21-19(20-3)22-13-17-9-6-15(2)12-18(17)24-14-16-7-8-16/h6,9,12,16H,4-5,7-8,10-11,13-14H2,1-3H3,(H2,20,21,22). The normalized spacial score (nSPS) is 14.5. The lowest BCUT2D eigenvalue weighted by Crippen LogP contribution is -2.37. The molecule has 5 heteroatoms. The summed E-state index contributed by atoms with van der Waals surface area (Å²) in [5.74, 6) is 2.55. The number of guanidine groups is 1. The fourth-order valence-electron chi connectivity index (χ4n) is 2.36. The second-order valence-electron chi connectivity index (χ2n) is 6.27. The summed E-state index contributed by atoms with van der Waals surface area (Å²) in [5, 5.41) is 6.67. The van der Waals surface area contributed by atoms with E-state index in [-0.39, 0.29) is 0 Å². The minimum atomic E-state index is 0.700. The molecule has 0 radical (unpaired) electrons. The summed E-state index contributed by atoms with van der Waals surface area (Å²) in [7, 11) is 1.79. The molecule has 24 heavy (non-hydrogen) atoms. The maximum atomic E-state index is 6.02. The number of hydrogen-bond donors (Lipinski definition) is 2. The van der Waals surface area contributed by atoms with Gasteiger partial charge in [0.15, 0.2) is 5.96 Å². The van der Waals surface area contributed by atoms with E-state index in [1.807, 2.05) is 6.92 Å². The molecule has 2 rings (SSSR count). The lowest BCUT2D eigenvalue weighted by atomic mass is 10.1. The zero-order valence-corrected chi connectivity index (χ0v) is 15.2. The Labute approximate surface area is 145 Å². The van der Waals surface area contributed by atoms with Crippen molar-refractivity contribution in [3.8, 4) is 5.75 Å². The van der Waals surface area contributed by atoms with Gasteiger partial charge in [-0.2, -0.15) is 0 Å². The Morgan fingerprint density at radius 1 is 1.29 bits per heavy atom. The van der Waals surface area contributed by atoms with Crippen molar-refractivity contribution in [2.75, 3.05) is 33.4 Å². The molecule has 0 atom stereocenters. The van der Waals surface area contributed by atoms with E-state index in [9.17, 15) is 0 Å². The molecule has 1 aromatic rings. The van der Waals surface area contributed by atoms with Crippen molar-refractivity contribution in [3.63, 3.8) is 0 Å². The third-order valence-electron chi connectivity index (χ3n) is 4.03. The van der Waals surface area contributed by atoms with Gasteiger partial charge in [-0.25, -0.2) is 0 Å². The first-order chi connectivity index (χ1) is 11.7. The summed E-state index contributed by atoms with van der Waals surface area (Å²) in [6.45, 7) is 8.03. The van der Waals surface area contributed by atoms with Gasteiger partial charge in [-0.15, -0.1) is 0 Å². The Bertz CT molecular complexity index is 527. The second kappa shape index (κ2) is 10.2. The number of hydrogen-bond acceptors (Lipinski definition) is 3. The number of nitrogens with one attached hydrogen (secondary N) is 2. The van der Waals surface area contributed by atoms with E-state index in [1.165, 1.54) is 24.0 Å². The topological polar surface area (TPSA) is 54.9 Å². The summed E-state index contributed by atoms with van der Waals surface area (Å²) in [4.78, 5) is 4.27. The Hall–Kier alpha value is -1.75. The van der Waals surface area contributed by atoms with Gasteiger partial charge in [-0.1, -0.05) is 12.1 Å². The van der Waals surface area contributed by atoms with Crippen LogP contribution in [0.5, 0.6) is 5.75 Å². The highest BCUT2D eigenvalue weighted by Gasteiger charge is 2.22. The lowest BCUT2D eigenvalue weighted by molar-refractivity contribution is 0.145. The van der Waals surface area contributed by atoms with Crippen molar-refractivity contribution >= 4 is 5.96 Å². The minimum absolute atomic E-state index is 0.700. The largest absolute Gasteiger partial charge is 0.493 e. The molecule has 1 aliphatic rings. The third kappa shape index (κ3) is 6.79. The summed E-state index contributed by atoms with van der Waals surface area (Å²) in [5.41, 5.74) is 2.39. The third-order valence-corrected chi connectivity index (χ3v) is 4.03. The van der Waals surface area contributed by atoms with Gasteiger partial charge in [0.25, 0.3) is 0 Å². The van der Waals surface area contributed by atoms with Gasteiger partial charge < -0.3 is 20.1 Å². The van der Waals surface area contributed by atoms with Gasteiger partial charge in [0.2, 0.25) is 0 Å². The molecule has 0 aromatic heterocycles. The predicted molar refractivity (Wildman–Crippen MR) is 98.7 cm³/mol. The van der Waals surface area contributed by atoms with Crippen LogP contribution in [-0.2, 0) is 11.3 Å². The highest BCUT2D eigenvalue weighted by molar-refractivity contribution is 5.79. The average molecular weight is 333 g/mol. The van der Waals surface area contributed by atoms with E-state index in [0.29, 0.717) is 6.54 Å². The Morgan fingerprint density at radius 3 is 2.83 bits per heavy atom. The average Bonchev–Trinajstić information content (AvgIpc) is 3.41. The van der Waals surface area contributed by atoms with E-state index in [0.717, 1.165) is 50.4 Å². The van der Waals surface area contributed by atoms with Crippen LogP contribution >= 0.6 is 0 Å². The number of rotatable bonds is 10. The Morgan fingerprint density at radius 2 is 2.12 bits per heavy atom. The van der Waals surface area contributed by atoms with Crippen LogP contribution in [0.15, 0.2) is 23.2 Å². The van der Waals surface area contributed by atoms with Crippen LogP contribution in [0.25, 0.3) is 0 Å². The fraction of sp³-hybridized carbons (Fsp3) is 0.632. The molecule has 0 amide bonds. The molecular formula is C19H31N3O2. The van der Waals surface area contributed by atoms with E-state index >= 15 is 0 Å². The predicted octanol–water partition coefficient (Wildman–Crippen LogP) is 2.88. The number of benzene rings is 1. The summed E-state index contributed by atoms with van der Waals surface area (Å²) in [6, 6.07) is 6.38. The summed E-state index contributed by atoms with van der Waals surface area (Å²) in [6.07, 6.45) is 3.57. The molecular weight excluding hydrogens is 302 g/mol. The number of nitrogens with zero attached hydrogens (tertiary/aromatic N) is 1. The lowest BCUT2D eigenvalue weighted by Gasteiger charge is -2.15. The molecule has 0 aliphatic heterocycles. The highest BCUT2D eigenvalue weighted by atomic mass is 16.5. The van der Waals surface area contributed by atoms with Crippen molar-refractivity contribution in [1.82, 2.24) is 10.6 Å². The first kappa shape index (κ1) is 18.6. The Kier molecular flexibility index (Phi) is 7.89. The van der Waals surface area contributed by atoms with Gasteiger partial charge in [-0.05, 0) is 50.7 Å². The molecule has 0 unspecified atom stereocenters. The van der Waals surface area contributed by atoms with Gasteiger partial charge in [0.05, 0.1) is 6.61 Å². The fourth-order valence-corrected chi connectivity index (χ4v) is 2.36. The van der Waals surface area contributed by atoms with Crippen LogP contribution in [0.4, 0.5) is 0 Å². The zero-order valence-electron chi connectivity index (χ0n) is 15.2. The van der Waals surface area contributed by atoms with Crippen LogP contribution in [0, 0.1) is 12.8 Å². The highest BCUT2D eigenvalue weighted by Crippen LogP contribution is 2.30. The molecule has 2 N–H and O–H groups in total. The molecule has 0 spiro atoms. The van der Waals surface area contributed by atoms with E-state index in [2.05, 4.69) is 40.7 Å². The zero-order chi connectivity index (χ0) is 17.2. The molecule has 1 saturated carbocycles. The molecule has 0 bridgehead atoms. The van der Waals surface area contributed by atoms with Gasteiger partial charge in [0.1, 0.15) is 5.75 Å². The molecule has 0 saturated heterocycles. The van der Waals surface area contributed by atoms with Crippen molar-refractivity contribution in [3.05, 3.63) is 29.3 Å². The van der Waals surface area contributed by atoms with Crippen molar-refractivity contribution in [2.24, 2.45) is 10.9 Å². The van der Waals surface area contributed by atoms with Crippen molar-refractivity contribution < 1.29 is 9.47 Å². The first-order valence-electron chi connectivity index (χ1n) is 8.97. The van der Waals surface area contributed by atoms with Crippen LogP contribution in [-0.4, -0.2) is 39.4 Å². The van der Waals surface area contributed by atoms with Gasteiger partial charge >= 0.3 is 0 Å². The minimum Gasteiger partial charge on any atom is -0.493 e. The SMILES string of the molecule is CCOCCCNC(=NC)NCc1ccc(C)cc1OCC1CC1. The number of aliphatic imine (C=N–C) groups is 1. The van der Waals surface area contributed by atoms with Crippen molar-refractivity contribution in [1.29, 1.82) is 0 Å². The monoisotopic (exact) mass is 333 g/mol. The molecule has 0 heterocycles. The molecule has 1 fully saturated rings. The maximum Gasteiger partial charge on any atom is 0.191 e. The number of aryl methyl sites for hydroxylation is 1. The van der Waals surface area contributed by atoms with Gasteiger partial charge in [0, 0.05) is 38.9 Å². The van der Waals surface area contributed by atoms with Crippen LogP contribution in [0.2, 0.25) is 0 Å². The van der Waals surface area contributed by atoms with E-state index in [1.54, 1.807) is 7.05 Å². The van der Waals surface area contributed by atoms with Crippen molar-refractivity contribution in [2.45, 2.75) is 39.7 Å². The molecule has 1 aliphatic carbocycles. The van der Waals surface area contributed by atoms with Crippen LogP contribution in [0.1, 0.15) is 37.3 Å². The van der Waals surface area contributed by atoms with Crippen LogP contribution < -0.4 is 15.4 Å². The first-order valence-corrected chi connectivity index (χ1v) is 8.97. The maximum absolute atomic E-state index is 6.02. The van der Waals surface area contributed by atoms with E-state index in [4.69, 9.17) is 9.47 Å². The quantitative estimate of drug-likeness (QED) is 0.393. The van der Waals surface area contributed by atoms with Gasteiger partial charge in [-0.3, -0.25) is 4.99 Å². The number of ether oxygens (including phenoxy) is 2. The molecule has 5 nitrogen and oxygen atoms in total. The molecule has 1 aromatic carbocycles. The second-order valence-corrected chi connectivity index (χ2v) is 6.27. The summed E-state index contributed by atoms with van der Waals surface area (Å²) < 4.78 is 11.4. The summed E-state index contributed by atoms with van der Waals surface area (Å²) >= 11 is 0. The van der Waals surface area contributed by atoms with Crippen LogP contribution in [0.3, 0.4) is 0 Å². The van der Waals surface area contributed by atoms with E-state index < -0.39 is 0 Å². The molecule has 134 valence electrons.